The summed E-state index contributed by atoms with van der Waals surface area (Å²) in [6.45, 7) is 8.14. The lowest BCUT2D eigenvalue weighted by Crippen LogP contribution is -2.57. The van der Waals surface area contributed by atoms with Crippen molar-refractivity contribution in [1.29, 1.82) is 0 Å². The molecule has 0 bridgehead atoms. The molecule has 1 rings (SSSR count). The molecule has 23 heavy (non-hydrogen) atoms. The molecule has 0 aromatic rings. The number of hydrogen-bond donors (Lipinski definition) is 1. The first kappa shape index (κ1) is 20.4. The van der Waals surface area contributed by atoms with Gasteiger partial charge in [-0.1, -0.05) is 51.2 Å². The van der Waals surface area contributed by atoms with Gasteiger partial charge in [0.2, 0.25) is 0 Å². The average Bonchev–Trinajstić information content (AvgIpc) is 2.97. The standard InChI is InChI=1S/C20H39N2O/c1-4-6-7-8-9-10-11-12-13-14-15-16-20-21-17-18-22(20,5-2)19(3)23/h6-7,17,19-20,23H,4-5,8-16,18H2,1-3H3/q+1/b7-6+. The van der Waals surface area contributed by atoms with E-state index >= 15 is 0 Å². The highest BCUT2D eigenvalue weighted by atomic mass is 16.3. The summed E-state index contributed by atoms with van der Waals surface area (Å²) in [5.41, 5.74) is 0. The Hall–Kier alpha value is -0.670. The van der Waals surface area contributed by atoms with E-state index in [0.717, 1.165) is 30.4 Å². The van der Waals surface area contributed by atoms with E-state index in [1.807, 2.05) is 13.1 Å². The second kappa shape index (κ2) is 11.8. The molecule has 1 aliphatic rings. The highest BCUT2D eigenvalue weighted by Crippen LogP contribution is 2.26. The van der Waals surface area contributed by atoms with Crippen LogP contribution < -0.4 is 0 Å². The Morgan fingerprint density at radius 2 is 1.74 bits per heavy atom. The number of allylic oxidation sites excluding steroid dienone is 2. The first-order chi connectivity index (χ1) is 11.2. The van der Waals surface area contributed by atoms with Crippen LogP contribution in [0.15, 0.2) is 17.1 Å². The van der Waals surface area contributed by atoms with Crippen LogP contribution in [0.2, 0.25) is 0 Å². The molecule has 1 heterocycles. The maximum atomic E-state index is 10.1. The van der Waals surface area contributed by atoms with Gasteiger partial charge in [-0.2, -0.15) is 0 Å². The van der Waals surface area contributed by atoms with Crippen molar-refractivity contribution in [3.8, 4) is 0 Å². The Morgan fingerprint density at radius 3 is 2.35 bits per heavy atom. The van der Waals surface area contributed by atoms with E-state index in [2.05, 4.69) is 31.0 Å². The highest BCUT2D eigenvalue weighted by molar-refractivity contribution is 5.60. The minimum atomic E-state index is -0.311. The summed E-state index contributed by atoms with van der Waals surface area (Å²) < 4.78 is 0.741. The molecule has 1 aliphatic heterocycles. The molecule has 3 unspecified atom stereocenters. The van der Waals surface area contributed by atoms with Crippen molar-refractivity contribution in [3.05, 3.63) is 12.2 Å². The molecule has 3 nitrogen and oxygen atoms in total. The second-order valence-electron chi connectivity index (χ2n) is 6.98. The van der Waals surface area contributed by atoms with Crippen LogP contribution in [0.3, 0.4) is 0 Å². The van der Waals surface area contributed by atoms with Crippen molar-refractivity contribution in [3.63, 3.8) is 0 Å². The predicted octanol–water partition coefficient (Wildman–Crippen LogP) is 5.05. The quantitative estimate of drug-likeness (QED) is 0.287. The molecular formula is C20H39N2O+. The molecule has 0 spiro atoms. The molecule has 1 N–H and O–H groups in total. The van der Waals surface area contributed by atoms with Crippen molar-refractivity contribution in [1.82, 2.24) is 0 Å². The van der Waals surface area contributed by atoms with Gasteiger partial charge in [-0.15, -0.1) is 0 Å². The Morgan fingerprint density at radius 1 is 1.09 bits per heavy atom. The second-order valence-corrected chi connectivity index (χ2v) is 6.98. The molecule has 3 heteroatoms. The van der Waals surface area contributed by atoms with Crippen LogP contribution in [-0.2, 0) is 0 Å². The van der Waals surface area contributed by atoms with Crippen molar-refractivity contribution < 1.29 is 9.59 Å². The Kier molecular flexibility index (Phi) is 10.5. The van der Waals surface area contributed by atoms with Gasteiger partial charge in [0.25, 0.3) is 0 Å². The van der Waals surface area contributed by atoms with Gasteiger partial charge in [0.15, 0.2) is 12.4 Å². The molecule has 0 fully saturated rings. The molecular weight excluding hydrogens is 284 g/mol. The summed E-state index contributed by atoms with van der Waals surface area (Å²) in [4.78, 5) is 4.64. The normalized spacial score (nSPS) is 25.5. The monoisotopic (exact) mass is 323 g/mol. The van der Waals surface area contributed by atoms with Gasteiger partial charge in [-0.3, -0.25) is 4.48 Å². The van der Waals surface area contributed by atoms with Gasteiger partial charge in [-0.05, 0) is 32.6 Å². The van der Waals surface area contributed by atoms with E-state index in [1.54, 1.807) is 0 Å². The van der Waals surface area contributed by atoms with E-state index in [0.29, 0.717) is 0 Å². The van der Waals surface area contributed by atoms with E-state index in [1.165, 1.54) is 51.4 Å². The lowest BCUT2D eigenvalue weighted by Gasteiger charge is -2.40. The summed E-state index contributed by atoms with van der Waals surface area (Å²) in [6, 6.07) is 0. The van der Waals surface area contributed by atoms with Crippen LogP contribution in [0.4, 0.5) is 0 Å². The lowest BCUT2D eigenvalue weighted by molar-refractivity contribution is -0.976. The van der Waals surface area contributed by atoms with Crippen molar-refractivity contribution in [2.45, 2.75) is 97.4 Å². The molecule has 3 atom stereocenters. The smallest absolute Gasteiger partial charge is 0.189 e. The number of hydrogen-bond acceptors (Lipinski definition) is 2. The fourth-order valence-corrected chi connectivity index (χ4v) is 3.67. The maximum Gasteiger partial charge on any atom is 0.189 e. The Labute approximate surface area is 144 Å². The molecule has 134 valence electrons. The van der Waals surface area contributed by atoms with Gasteiger partial charge < -0.3 is 5.11 Å². The number of aliphatic hydroxyl groups is 1. The van der Waals surface area contributed by atoms with E-state index in [4.69, 9.17) is 0 Å². The number of rotatable bonds is 13. The molecule has 0 saturated heterocycles. The zero-order valence-electron chi connectivity index (χ0n) is 15.7. The van der Waals surface area contributed by atoms with Crippen LogP contribution in [-0.4, -0.2) is 41.3 Å². The summed E-state index contributed by atoms with van der Waals surface area (Å²) in [5, 5.41) is 10.1. The van der Waals surface area contributed by atoms with E-state index in [-0.39, 0.29) is 12.4 Å². The maximum absolute atomic E-state index is 10.1. The Bertz CT molecular complexity index is 352. The summed E-state index contributed by atoms with van der Waals surface area (Å²) in [5.74, 6) is 0. The molecule has 0 amide bonds. The van der Waals surface area contributed by atoms with Gasteiger partial charge in [-0.25, -0.2) is 4.99 Å². The van der Waals surface area contributed by atoms with E-state index in [9.17, 15) is 5.11 Å². The first-order valence-electron chi connectivity index (χ1n) is 9.88. The lowest BCUT2D eigenvalue weighted by atomic mass is 10.1. The van der Waals surface area contributed by atoms with Crippen LogP contribution in [0.25, 0.3) is 0 Å². The summed E-state index contributed by atoms with van der Waals surface area (Å²) in [6.07, 6.45) is 19.5. The third-order valence-electron chi connectivity index (χ3n) is 5.36. The number of quaternary nitrogens is 1. The number of aliphatic hydroxyl groups excluding tert-OH is 1. The molecule has 0 aliphatic carbocycles. The SMILES string of the molecule is CC/C=C/CCCCCCCCCC1N=CC[N+]1(CC)C(C)O. The number of unbranched alkanes of at least 4 members (excludes halogenated alkanes) is 7. The van der Waals surface area contributed by atoms with Crippen LogP contribution >= 0.6 is 0 Å². The van der Waals surface area contributed by atoms with Crippen LogP contribution in [0, 0.1) is 0 Å². The fourth-order valence-electron chi connectivity index (χ4n) is 3.67. The van der Waals surface area contributed by atoms with Gasteiger partial charge in [0.1, 0.15) is 6.54 Å². The molecule has 0 radical (unpaired) electrons. The third kappa shape index (κ3) is 6.76. The fraction of sp³-hybridized carbons (Fsp3) is 0.850. The largest absolute Gasteiger partial charge is 0.345 e. The summed E-state index contributed by atoms with van der Waals surface area (Å²) in [7, 11) is 0. The van der Waals surface area contributed by atoms with Crippen molar-refractivity contribution in [2.75, 3.05) is 13.1 Å². The minimum absolute atomic E-state index is 0.283. The topological polar surface area (TPSA) is 32.6 Å². The minimum Gasteiger partial charge on any atom is -0.345 e. The zero-order chi connectivity index (χ0) is 17.0. The van der Waals surface area contributed by atoms with Crippen LogP contribution in [0.1, 0.15) is 85.0 Å². The first-order valence-corrected chi connectivity index (χ1v) is 9.88. The van der Waals surface area contributed by atoms with Gasteiger partial charge >= 0.3 is 0 Å². The Balaban J connectivity index is 2.04. The number of nitrogens with zero attached hydrogens (tertiary/aromatic N) is 2. The van der Waals surface area contributed by atoms with E-state index < -0.39 is 0 Å². The molecule has 0 aromatic heterocycles. The van der Waals surface area contributed by atoms with Gasteiger partial charge in [0.05, 0.1) is 12.8 Å². The summed E-state index contributed by atoms with van der Waals surface area (Å²) >= 11 is 0. The molecule has 0 aromatic carbocycles. The van der Waals surface area contributed by atoms with Crippen molar-refractivity contribution >= 4 is 6.21 Å². The predicted molar refractivity (Wildman–Crippen MR) is 101 cm³/mol. The average molecular weight is 324 g/mol. The zero-order valence-corrected chi connectivity index (χ0v) is 15.7. The molecule has 0 saturated carbocycles. The number of aliphatic imine (C=N–C) groups is 1. The van der Waals surface area contributed by atoms with Gasteiger partial charge in [0, 0.05) is 13.3 Å². The third-order valence-corrected chi connectivity index (χ3v) is 5.36. The van der Waals surface area contributed by atoms with Crippen LogP contribution in [0.5, 0.6) is 0 Å². The van der Waals surface area contributed by atoms with Crippen molar-refractivity contribution in [2.24, 2.45) is 4.99 Å². The highest BCUT2D eigenvalue weighted by Gasteiger charge is 2.41.